The van der Waals surface area contributed by atoms with E-state index in [1.54, 1.807) is 6.20 Å². The Morgan fingerprint density at radius 3 is 2.37 bits per heavy atom. The van der Waals surface area contributed by atoms with Crippen LogP contribution in [0.3, 0.4) is 0 Å². The minimum Gasteiger partial charge on any atom is -0.453 e. The smallest absolute Gasteiger partial charge is 0.407 e. The molecule has 14 nitrogen and oxygen atoms in total. The van der Waals surface area contributed by atoms with Gasteiger partial charge in [0, 0.05) is 17.7 Å². The van der Waals surface area contributed by atoms with Gasteiger partial charge in [0.05, 0.1) is 49.7 Å². The Morgan fingerprint density at radius 2 is 1.70 bits per heavy atom. The number of fused-ring (bicyclic) bond motifs is 1. The van der Waals surface area contributed by atoms with Crippen molar-refractivity contribution < 1.29 is 28.9 Å². The summed E-state index contributed by atoms with van der Waals surface area (Å²) in [5.41, 5.74) is 5.04. The van der Waals surface area contributed by atoms with Gasteiger partial charge in [0.25, 0.3) is 0 Å². The van der Waals surface area contributed by atoms with Crippen LogP contribution >= 0.6 is 40.5 Å². The minimum absolute atomic E-state index is 0. The van der Waals surface area contributed by atoms with Crippen molar-refractivity contribution in [2.24, 2.45) is 16.8 Å². The van der Waals surface area contributed by atoms with Crippen molar-refractivity contribution in [1.82, 2.24) is 35.5 Å². The molecule has 1 aliphatic rings. The van der Waals surface area contributed by atoms with Crippen LogP contribution in [-0.2, 0) is 30.6 Å². The summed E-state index contributed by atoms with van der Waals surface area (Å²) in [6.45, 7) is 8.39. The number of rotatable bonds is 12. The predicted octanol–water partition coefficient (Wildman–Crippen LogP) is 4.98. The van der Waals surface area contributed by atoms with Crippen LogP contribution < -0.4 is 10.6 Å². The first kappa shape index (κ1) is 45.5. The fourth-order valence-corrected chi connectivity index (χ4v) is 5.88. The number of H-pyrrole nitrogens is 2. The van der Waals surface area contributed by atoms with Crippen molar-refractivity contribution in [3.8, 4) is 23.1 Å². The molecular weight excluding hydrogens is 749 g/mol. The third-order valence-corrected chi connectivity index (χ3v) is 8.61. The molecule has 1 saturated heterocycles. The van der Waals surface area contributed by atoms with Crippen LogP contribution in [0.4, 0.5) is 4.79 Å². The summed E-state index contributed by atoms with van der Waals surface area (Å²) in [5.74, 6) is 7.25. The van der Waals surface area contributed by atoms with Gasteiger partial charge in [-0.2, -0.15) is 45.4 Å². The van der Waals surface area contributed by atoms with Gasteiger partial charge in [-0.1, -0.05) is 51.7 Å². The predicted molar refractivity (Wildman–Crippen MR) is 222 cm³/mol. The number of hydrogen-bond acceptors (Lipinski definition) is 9. The van der Waals surface area contributed by atoms with E-state index in [1.807, 2.05) is 75.1 Å². The quantitative estimate of drug-likeness (QED) is 0.0510. The molecule has 3 atom stereocenters. The van der Waals surface area contributed by atoms with Gasteiger partial charge < -0.3 is 35.1 Å². The molecule has 0 saturated carbocycles. The highest BCUT2D eigenvalue weighted by molar-refractivity contribution is 7.59. The molecule has 3 heterocycles. The maximum absolute atomic E-state index is 13.5. The second-order valence-corrected chi connectivity index (χ2v) is 12.9. The molecule has 1 aliphatic heterocycles. The summed E-state index contributed by atoms with van der Waals surface area (Å²) in [6.07, 6.45) is 3.90. The minimum atomic E-state index is -0.730. The van der Waals surface area contributed by atoms with Gasteiger partial charge >= 0.3 is 6.09 Å². The third kappa shape index (κ3) is 11.4. The van der Waals surface area contributed by atoms with Gasteiger partial charge in [-0.15, -0.1) is 0 Å². The number of aliphatic imine (C=N–C) groups is 1. The monoisotopic (exact) mass is 798 g/mol. The first-order valence-corrected chi connectivity index (χ1v) is 16.9. The van der Waals surface area contributed by atoms with Crippen LogP contribution in [0.1, 0.15) is 69.4 Å². The maximum atomic E-state index is 13.5. The zero-order valence-corrected chi connectivity index (χ0v) is 34.1. The second-order valence-electron chi connectivity index (χ2n) is 12.9. The topological polar surface area (TPSA) is 176 Å². The number of aromatic nitrogens is 4. The number of aromatic amines is 2. The lowest BCUT2D eigenvalue weighted by Gasteiger charge is -2.27. The van der Waals surface area contributed by atoms with E-state index < -0.39 is 18.2 Å². The molecule has 5 rings (SSSR count). The van der Waals surface area contributed by atoms with Gasteiger partial charge in [-0.25, -0.2) is 19.8 Å². The number of benzene rings is 2. The number of hydrogen-bond donors (Lipinski definition) is 4. The first-order valence-electron chi connectivity index (χ1n) is 16.9. The molecule has 0 aliphatic carbocycles. The lowest BCUT2D eigenvalue weighted by Crippen LogP contribution is -2.49. The van der Waals surface area contributed by atoms with Crippen molar-refractivity contribution in [1.29, 1.82) is 0 Å². The third-order valence-electron chi connectivity index (χ3n) is 8.61. The van der Waals surface area contributed by atoms with E-state index in [0.29, 0.717) is 12.4 Å². The zero-order chi connectivity index (χ0) is 36.5. The standard InChI is InChI=1S/C37H44N8O6.3H2S/c1-22(2)32(44-37(48)49-5)35(46)39-20-31-38-19-29(41-31)26-14-11-24(12-15-26)9-10-25-13-16-27-28(18-25)43-34(42-27)30-8-7-17-45(30)36(47)33(23(3)4)40-21-51-50-6;;;/h11-16,18-19,21-23,30,32-33H,7-8,17,20H2,1-6H3,(H,38,41)(H,39,46)(H,42,43)(H,44,48);3*1H2/t30-,32-,33-;;;/m0.../s1. The van der Waals surface area contributed by atoms with Gasteiger partial charge in [0.2, 0.25) is 18.2 Å². The number of amides is 3. The Kier molecular flexibility index (Phi) is 18.0. The number of nitrogens with zero attached hydrogens (tertiary/aromatic N) is 4. The highest BCUT2D eigenvalue weighted by Crippen LogP contribution is 2.33. The van der Waals surface area contributed by atoms with Gasteiger partial charge in [0.15, 0.2) is 0 Å². The average molecular weight is 799 g/mol. The van der Waals surface area contributed by atoms with Gasteiger partial charge in [-0.3, -0.25) is 9.59 Å². The van der Waals surface area contributed by atoms with E-state index in [2.05, 4.69) is 52.0 Å². The molecule has 2 aromatic carbocycles. The summed E-state index contributed by atoms with van der Waals surface area (Å²) in [6, 6.07) is 12.1. The average Bonchev–Trinajstić information content (AvgIpc) is 3.90. The van der Waals surface area contributed by atoms with E-state index in [-0.39, 0.29) is 76.7 Å². The summed E-state index contributed by atoms with van der Waals surface area (Å²) in [5, 5.41) is 5.36. The Morgan fingerprint density at radius 1 is 1.00 bits per heavy atom. The fraction of sp³-hybridized carbons (Fsp3) is 0.405. The Balaban J connectivity index is 0.00000336. The normalized spacial score (nSPS) is 14.7. The van der Waals surface area contributed by atoms with E-state index in [0.717, 1.165) is 52.1 Å². The molecule has 0 spiro atoms. The number of nitrogens with one attached hydrogen (secondary N) is 4. The number of alkyl carbamates (subject to hydrolysis) is 1. The fourth-order valence-electron chi connectivity index (χ4n) is 5.88. The van der Waals surface area contributed by atoms with Crippen LogP contribution in [0.2, 0.25) is 0 Å². The van der Waals surface area contributed by atoms with Crippen LogP contribution in [0.5, 0.6) is 0 Å². The Bertz CT molecular complexity index is 1940. The molecule has 17 heteroatoms. The highest BCUT2D eigenvalue weighted by atomic mass is 32.1. The molecule has 54 heavy (non-hydrogen) atoms. The molecule has 292 valence electrons. The van der Waals surface area contributed by atoms with Crippen molar-refractivity contribution >= 4 is 75.8 Å². The number of carbonyl (C=O) groups is 3. The number of carbonyl (C=O) groups excluding carboxylic acids is 3. The molecule has 0 unspecified atom stereocenters. The largest absolute Gasteiger partial charge is 0.453 e. The maximum Gasteiger partial charge on any atom is 0.407 e. The lowest BCUT2D eigenvalue weighted by molar-refractivity contribution is -0.188. The van der Waals surface area contributed by atoms with Crippen molar-refractivity contribution in [2.75, 3.05) is 20.8 Å². The number of methoxy groups -OCH3 is 1. The van der Waals surface area contributed by atoms with Crippen LogP contribution in [0, 0.1) is 23.7 Å². The highest BCUT2D eigenvalue weighted by Gasteiger charge is 2.36. The molecule has 3 amide bonds. The number of likely N-dealkylation sites (tertiary alicyclic amines) is 1. The summed E-state index contributed by atoms with van der Waals surface area (Å²) >= 11 is 0. The van der Waals surface area contributed by atoms with E-state index in [4.69, 9.17) is 9.87 Å². The van der Waals surface area contributed by atoms with Crippen molar-refractivity contribution in [2.45, 2.75) is 65.2 Å². The molecule has 0 bridgehead atoms. The molecule has 2 aromatic heterocycles. The van der Waals surface area contributed by atoms with Crippen molar-refractivity contribution in [3.05, 3.63) is 71.4 Å². The van der Waals surface area contributed by atoms with Gasteiger partial charge in [0.1, 0.15) is 23.7 Å². The van der Waals surface area contributed by atoms with Crippen LogP contribution in [-0.4, -0.2) is 82.0 Å². The van der Waals surface area contributed by atoms with E-state index in [9.17, 15) is 14.4 Å². The lowest BCUT2D eigenvalue weighted by atomic mass is 10.0. The molecule has 4 aromatic rings. The Labute approximate surface area is 336 Å². The molecule has 4 N–H and O–H groups in total. The molecule has 1 fully saturated rings. The SMILES string of the molecule is COOC=N[C@H](C(=O)N1CCC[C@H]1c1nc2ccc(C#Cc3ccc(-c4cnc(CNC(=O)[C@@H](NC(=O)OC)C(C)C)[nH]4)cc3)cc2[nH]1)C(C)C.S.S.S. The molecule has 0 radical (unpaired) electrons. The number of imidazole rings is 2. The first-order chi connectivity index (χ1) is 24.6. The summed E-state index contributed by atoms with van der Waals surface area (Å²) in [7, 11) is 2.64. The summed E-state index contributed by atoms with van der Waals surface area (Å²) < 4.78 is 4.63. The zero-order valence-electron chi connectivity index (χ0n) is 31.1. The number of ether oxygens (including phenoxy) is 1. The van der Waals surface area contributed by atoms with Crippen LogP contribution in [0.15, 0.2) is 53.7 Å². The van der Waals surface area contributed by atoms with E-state index >= 15 is 0 Å². The van der Waals surface area contributed by atoms with E-state index in [1.165, 1.54) is 20.6 Å². The summed E-state index contributed by atoms with van der Waals surface area (Å²) in [4.78, 5) is 69.2. The Hall–Kier alpha value is -4.63. The second kappa shape index (κ2) is 21.3. The van der Waals surface area contributed by atoms with Gasteiger partial charge in [-0.05, 0) is 60.6 Å². The van der Waals surface area contributed by atoms with Crippen LogP contribution in [0.25, 0.3) is 22.3 Å². The van der Waals surface area contributed by atoms with Crippen molar-refractivity contribution in [3.63, 3.8) is 0 Å². The molecular formula is C37H50N8O6S3.